The Kier molecular flexibility index (Phi) is 4.41. The summed E-state index contributed by atoms with van der Waals surface area (Å²) < 4.78 is 1.55. The summed E-state index contributed by atoms with van der Waals surface area (Å²) in [6, 6.07) is 15.2. The number of H-pyrrole nitrogens is 1. The Bertz CT molecular complexity index is 1190. The summed E-state index contributed by atoms with van der Waals surface area (Å²) in [6.07, 6.45) is 3.22. The zero-order chi connectivity index (χ0) is 19.7. The van der Waals surface area contributed by atoms with Crippen LogP contribution in [0.2, 0.25) is 0 Å². The standard InChI is InChI=1S/C21H20N6O/c1-3-17(26-14-7-5-4-6-8-14)20(28)16-12-23-27(21(16)22)15-9-10-18-19(11-15)25-13(2)24-18/h3-12,26H,22H2,1-2H3,(H,24,25)/b17-3-. The molecule has 2 aromatic heterocycles. The number of rotatable bonds is 5. The number of carbonyl (C=O) groups is 1. The van der Waals surface area contributed by atoms with Gasteiger partial charge in [0.15, 0.2) is 0 Å². The quantitative estimate of drug-likeness (QED) is 0.365. The summed E-state index contributed by atoms with van der Waals surface area (Å²) in [5.74, 6) is 0.907. The van der Waals surface area contributed by atoms with E-state index >= 15 is 0 Å². The van der Waals surface area contributed by atoms with Gasteiger partial charge in [-0.15, -0.1) is 0 Å². The Hall–Kier alpha value is -3.87. The number of nitrogens with two attached hydrogens (primary N) is 1. The third-order valence-corrected chi connectivity index (χ3v) is 4.47. The molecule has 0 amide bonds. The fourth-order valence-electron chi connectivity index (χ4n) is 3.08. The summed E-state index contributed by atoms with van der Waals surface area (Å²) in [6.45, 7) is 3.70. The highest BCUT2D eigenvalue weighted by Crippen LogP contribution is 2.23. The first-order valence-corrected chi connectivity index (χ1v) is 8.90. The monoisotopic (exact) mass is 372 g/mol. The highest BCUT2D eigenvalue weighted by atomic mass is 16.1. The van der Waals surface area contributed by atoms with Gasteiger partial charge >= 0.3 is 0 Å². The normalized spacial score (nSPS) is 11.7. The minimum atomic E-state index is -0.214. The molecular weight excluding hydrogens is 352 g/mol. The van der Waals surface area contributed by atoms with Crippen LogP contribution in [-0.4, -0.2) is 25.5 Å². The predicted molar refractivity (Wildman–Crippen MR) is 111 cm³/mol. The van der Waals surface area contributed by atoms with Crippen molar-refractivity contribution in [3.05, 3.63) is 77.9 Å². The first kappa shape index (κ1) is 17.5. The van der Waals surface area contributed by atoms with Crippen LogP contribution in [0.1, 0.15) is 23.1 Å². The molecule has 4 aromatic rings. The lowest BCUT2D eigenvalue weighted by Gasteiger charge is -2.10. The maximum Gasteiger partial charge on any atom is 0.214 e. The van der Waals surface area contributed by atoms with E-state index < -0.39 is 0 Å². The van der Waals surface area contributed by atoms with E-state index in [4.69, 9.17) is 5.73 Å². The molecule has 0 radical (unpaired) electrons. The maximum absolute atomic E-state index is 13.0. The number of aromatic nitrogens is 4. The minimum absolute atomic E-state index is 0.214. The van der Waals surface area contributed by atoms with Crippen molar-refractivity contribution >= 4 is 28.3 Å². The SMILES string of the molecule is C/C=C(\Nc1ccccc1)C(=O)c1cnn(-c2ccc3nc(C)[nH]c3c2)c1N. The van der Waals surface area contributed by atoms with Crippen LogP contribution in [0.3, 0.4) is 0 Å². The highest BCUT2D eigenvalue weighted by molar-refractivity contribution is 6.13. The molecule has 0 saturated carbocycles. The van der Waals surface area contributed by atoms with Crippen molar-refractivity contribution in [2.75, 3.05) is 11.1 Å². The Morgan fingerprint density at radius 3 is 2.75 bits per heavy atom. The van der Waals surface area contributed by atoms with Crippen molar-refractivity contribution < 1.29 is 4.79 Å². The van der Waals surface area contributed by atoms with Gasteiger partial charge in [-0.1, -0.05) is 24.3 Å². The fourth-order valence-corrected chi connectivity index (χ4v) is 3.08. The molecule has 0 aliphatic rings. The van der Waals surface area contributed by atoms with E-state index in [1.165, 1.54) is 6.20 Å². The molecule has 0 fully saturated rings. The van der Waals surface area contributed by atoms with E-state index in [9.17, 15) is 4.79 Å². The van der Waals surface area contributed by atoms with E-state index in [2.05, 4.69) is 20.4 Å². The average Bonchev–Trinajstić information content (AvgIpc) is 3.27. The lowest BCUT2D eigenvalue weighted by Crippen LogP contribution is -2.13. The van der Waals surface area contributed by atoms with Crippen molar-refractivity contribution in [2.24, 2.45) is 0 Å². The van der Waals surface area contributed by atoms with Crippen molar-refractivity contribution in [2.45, 2.75) is 13.8 Å². The number of benzene rings is 2. The number of ketones is 1. The zero-order valence-electron chi connectivity index (χ0n) is 15.6. The molecule has 2 heterocycles. The van der Waals surface area contributed by atoms with Gasteiger partial charge < -0.3 is 16.0 Å². The largest absolute Gasteiger partial charge is 0.383 e. The molecule has 2 aromatic carbocycles. The number of Topliss-reactive ketones (excluding diaryl/α,β-unsaturated/α-hetero) is 1. The molecule has 4 N–H and O–H groups in total. The van der Waals surface area contributed by atoms with Gasteiger partial charge in [0.05, 0.1) is 34.2 Å². The van der Waals surface area contributed by atoms with Gasteiger partial charge in [0.1, 0.15) is 11.6 Å². The van der Waals surface area contributed by atoms with Gasteiger partial charge in [0.25, 0.3) is 0 Å². The van der Waals surface area contributed by atoms with E-state index in [0.717, 1.165) is 28.2 Å². The lowest BCUT2D eigenvalue weighted by molar-refractivity contribution is 0.103. The lowest BCUT2D eigenvalue weighted by atomic mass is 10.1. The third kappa shape index (κ3) is 3.14. The first-order valence-electron chi connectivity index (χ1n) is 8.90. The number of nitrogen functional groups attached to an aromatic ring is 1. The van der Waals surface area contributed by atoms with Gasteiger partial charge in [0, 0.05) is 5.69 Å². The number of aryl methyl sites for hydroxylation is 1. The van der Waals surface area contributed by atoms with Crippen LogP contribution in [0.25, 0.3) is 16.7 Å². The fraction of sp³-hybridized carbons (Fsp3) is 0.0952. The summed E-state index contributed by atoms with van der Waals surface area (Å²) in [5.41, 5.74) is 10.4. The van der Waals surface area contributed by atoms with Crippen LogP contribution in [0.15, 0.2) is 66.5 Å². The molecule has 0 unspecified atom stereocenters. The average molecular weight is 372 g/mol. The van der Waals surface area contributed by atoms with E-state index in [1.54, 1.807) is 17.7 Å². The number of allylic oxidation sites excluding steroid dienone is 2. The minimum Gasteiger partial charge on any atom is -0.383 e. The number of aromatic amines is 1. The number of carbonyl (C=O) groups excluding carboxylic acids is 1. The molecule has 0 aliphatic carbocycles. The molecule has 28 heavy (non-hydrogen) atoms. The Morgan fingerprint density at radius 1 is 1.21 bits per heavy atom. The van der Waals surface area contributed by atoms with Gasteiger partial charge in [-0.05, 0) is 44.2 Å². The number of hydrogen-bond acceptors (Lipinski definition) is 5. The van der Waals surface area contributed by atoms with Gasteiger partial charge in [-0.2, -0.15) is 5.10 Å². The zero-order valence-corrected chi connectivity index (χ0v) is 15.6. The molecule has 0 aliphatic heterocycles. The molecule has 0 saturated heterocycles. The van der Waals surface area contributed by atoms with Crippen LogP contribution in [0.5, 0.6) is 0 Å². The number of nitrogens with one attached hydrogen (secondary N) is 2. The Morgan fingerprint density at radius 2 is 2.00 bits per heavy atom. The molecule has 0 atom stereocenters. The van der Waals surface area contributed by atoms with Crippen LogP contribution in [0.4, 0.5) is 11.5 Å². The summed E-state index contributed by atoms with van der Waals surface area (Å²) in [5, 5.41) is 7.46. The molecular formula is C21H20N6O. The summed E-state index contributed by atoms with van der Waals surface area (Å²) in [4.78, 5) is 20.6. The number of anilines is 2. The molecule has 7 nitrogen and oxygen atoms in total. The van der Waals surface area contributed by atoms with Crippen LogP contribution in [-0.2, 0) is 0 Å². The molecule has 4 rings (SSSR count). The van der Waals surface area contributed by atoms with Crippen molar-refractivity contribution in [1.82, 2.24) is 19.7 Å². The Balaban J connectivity index is 1.65. The summed E-state index contributed by atoms with van der Waals surface area (Å²) in [7, 11) is 0. The second kappa shape index (κ2) is 7.03. The number of nitrogens with zero attached hydrogens (tertiary/aromatic N) is 3. The van der Waals surface area contributed by atoms with Gasteiger partial charge in [-0.25, -0.2) is 9.67 Å². The number of fused-ring (bicyclic) bond motifs is 1. The molecule has 0 spiro atoms. The van der Waals surface area contributed by atoms with Crippen molar-refractivity contribution in [1.29, 1.82) is 0 Å². The van der Waals surface area contributed by atoms with Crippen LogP contribution < -0.4 is 11.1 Å². The molecule has 140 valence electrons. The third-order valence-electron chi connectivity index (χ3n) is 4.47. The predicted octanol–water partition coefficient (Wildman–Crippen LogP) is 3.84. The van der Waals surface area contributed by atoms with Gasteiger partial charge in [-0.3, -0.25) is 4.79 Å². The second-order valence-corrected chi connectivity index (χ2v) is 6.40. The second-order valence-electron chi connectivity index (χ2n) is 6.40. The number of para-hydroxylation sites is 1. The first-order chi connectivity index (χ1) is 13.6. The maximum atomic E-state index is 13.0. The molecule has 0 bridgehead atoms. The van der Waals surface area contributed by atoms with Crippen molar-refractivity contribution in [3.8, 4) is 5.69 Å². The van der Waals surface area contributed by atoms with E-state index in [0.29, 0.717) is 11.3 Å². The Labute approximate surface area is 161 Å². The number of hydrogen-bond donors (Lipinski definition) is 3. The van der Waals surface area contributed by atoms with E-state index in [-0.39, 0.29) is 11.6 Å². The summed E-state index contributed by atoms with van der Waals surface area (Å²) >= 11 is 0. The van der Waals surface area contributed by atoms with Gasteiger partial charge in [0.2, 0.25) is 5.78 Å². The topological polar surface area (TPSA) is 102 Å². The van der Waals surface area contributed by atoms with Crippen LogP contribution in [0, 0.1) is 6.92 Å². The van der Waals surface area contributed by atoms with Crippen molar-refractivity contribution in [3.63, 3.8) is 0 Å². The highest BCUT2D eigenvalue weighted by Gasteiger charge is 2.20. The smallest absolute Gasteiger partial charge is 0.214 e. The molecule has 7 heteroatoms. The van der Waals surface area contributed by atoms with Crippen LogP contribution >= 0.6 is 0 Å². The number of imidazole rings is 1. The van der Waals surface area contributed by atoms with E-state index in [1.807, 2.05) is 55.5 Å².